The van der Waals surface area contributed by atoms with E-state index in [4.69, 9.17) is 11.6 Å². The van der Waals surface area contributed by atoms with E-state index in [0.717, 1.165) is 24.6 Å². The van der Waals surface area contributed by atoms with Crippen LogP contribution in [0.25, 0.3) is 16.7 Å². The average molecular weight is 450 g/mol. The second kappa shape index (κ2) is 7.80. The molecule has 2 aliphatic rings. The van der Waals surface area contributed by atoms with Gasteiger partial charge in [0.1, 0.15) is 5.82 Å². The van der Waals surface area contributed by atoms with Crippen LogP contribution >= 0.6 is 11.6 Å². The number of amides is 2. The molecule has 10 heteroatoms. The van der Waals surface area contributed by atoms with E-state index in [1.54, 1.807) is 41.2 Å². The summed E-state index contributed by atoms with van der Waals surface area (Å²) in [4.78, 5) is 30.5. The number of nitriles is 1. The quantitative estimate of drug-likeness (QED) is 0.591. The Bertz CT molecular complexity index is 1280. The first-order valence-electron chi connectivity index (χ1n) is 10.4. The minimum atomic E-state index is -0.258. The molecule has 2 aromatic heterocycles. The standard InChI is InChI=1S/C22H20ClN7O2/c1-12(31)26-20-3-2-4-21(28-20)30-19-9-16(23)15(7-13(19)10-25-30)22(32)27-17-8-14-5-6-18(17)29(14)11-24/h2-4,7,9-10,14,17-18H,5-6,8H2,1H3,(H,27,32)(H,26,28,31)/t14-,17+,18+/m0/s1. The molecule has 1 aromatic carbocycles. The maximum Gasteiger partial charge on any atom is 0.253 e. The number of fused-ring (bicyclic) bond motifs is 3. The first kappa shape index (κ1) is 20.3. The van der Waals surface area contributed by atoms with Gasteiger partial charge in [-0.1, -0.05) is 17.7 Å². The molecule has 3 atom stereocenters. The summed E-state index contributed by atoms with van der Waals surface area (Å²) >= 11 is 6.49. The second-order valence-corrected chi connectivity index (χ2v) is 8.54. The molecule has 0 spiro atoms. The van der Waals surface area contributed by atoms with Crippen LogP contribution in [0.3, 0.4) is 0 Å². The Morgan fingerprint density at radius 1 is 1.28 bits per heavy atom. The van der Waals surface area contributed by atoms with Gasteiger partial charge in [-0.2, -0.15) is 10.4 Å². The normalized spacial score (nSPS) is 21.5. The van der Waals surface area contributed by atoms with Gasteiger partial charge in [0, 0.05) is 18.4 Å². The Morgan fingerprint density at radius 3 is 2.88 bits per heavy atom. The molecule has 9 nitrogen and oxygen atoms in total. The van der Waals surface area contributed by atoms with Crippen molar-refractivity contribution in [1.82, 2.24) is 25.0 Å². The highest BCUT2D eigenvalue weighted by atomic mass is 35.5. The van der Waals surface area contributed by atoms with Crippen LogP contribution < -0.4 is 10.6 Å². The third-order valence-electron chi connectivity index (χ3n) is 6.13. The molecule has 2 fully saturated rings. The van der Waals surface area contributed by atoms with Gasteiger partial charge in [-0.15, -0.1) is 0 Å². The van der Waals surface area contributed by atoms with Gasteiger partial charge >= 0.3 is 0 Å². The Morgan fingerprint density at radius 2 is 2.12 bits per heavy atom. The Hall–Kier alpha value is -3.64. The number of nitrogens with one attached hydrogen (secondary N) is 2. The minimum absolute atomic E-state index is 0.0566. The van der Waals surface area contributed by atoms with E-state index in [1.807, 2.05) is 4.90 Å². The first-order chi connectivity index (χ1) is 15.4. The summed E-state index contributed by atoms with van der Waals surface area (Å²) in [5, 5.41) is 20.5. The summed E-state index contributed by atoms with van der Waals surface area (Å²) in [5.74, 6) is 0.453. The highest BCUT2D eigenvalue weighted by Gasteiger charge is 2.46. The number of halogens is 1. The van der Waals surface area contributed by atoms with Crippen LogP contribution in [-0.2, 0) is 4.79 Å². The lowest BCUT2D eigenvalue weighted by molar-refractivity contribution is -0.114. The third kappa shape index (κ3) is 3.42. The number of aromatic nitrogens is 3. The maximum absolute atomic E-state index is 13.0. The molecular formula is C22H20ClN7O2. The third-order valence-corrected chi connectivity index (χ3v) is 6.44. The molecule has 2 bridgehead atoms. The lowest BCUT2D eigenvalue weighted by Gasteiger charge is -2.22. The van der Waals surface area contributed by atoms with Crippen molar-refractivity contribution >= 4 is 40.1 Å². The molecule has 0 saturated carbocycles. The number of carbonyl (C=O) groups is 2. The fraction of sp³-hybridized carbons (Fsp3) is 0.318. The van der Waals surface area contributed by atoms with Gasteiger partial charge in [-0.25, -0.2) is 9.67 Å². The Kier molecular flexibility index (Phi) is 4.94. The molecule has 2 saturated heterocycles. The number of pyridine rings is 1. The fourth-order valence-electron chi connectivity index (χ4n) is 4.74. The predicted octanol–water partition coefficient (Wildman–Crippen LogP) is 2.85. The van der Waals surface area contributed by atoms with Gasteiger partial charge in [-0.05, 0) is 43.5 Å². The van der Waals surface area contributed by atoms with Crippen molar-refractivity contribution in [2.75, 3.05) is 5.32 Å². The van der Waals surface area contributed by atoms with Gasteiger partial charge < -0.3 is 15.5 Å². The predicted molar refractivity (Wildman–Crippen MR) is 118 cm³/mol. The van der Waals surface area contributed by atoms with Crippen LogP contribution in [-0.4, -0.2) is 49.6 Å². The van der Waals surface area contributed by atoms with E-state index < -0.39 is 0 Å². The van der Waals surface area contributed by atoms with Gasteiger partial charge in [0.25, 0.3) is 5.91 Å². The zero-order chi connectivity index (χ0) is 22.4. The molecule has 2 amide bonds. The highest BCUT2D eigenvalue weighted by molar-refractivity contribution is 6.34. The summed E-state index contributed by atoms with van der Waals surface area (Å²) in [6.07, 6.45) is 6.58. The zero-order valence-corrected chi connectivity index (χ0v) is 18.0. The summed E-state index contributed by atoms with van der Waals surface area (Å²) in [7, 11) is 0. The molecule has 2 aliphatic heterocycles. The summed E-state index contributed by atoms with van der Waals surface area (Å²) in [6.45, 7) is 1.42. The van der Waals surface area contributed by atoms with Gasteiger partial charge in [-0.3, -0.25) is 9.59 Å². The molecule has 162 valence electrons. The monoisotopic (exact) mass is 449 g/mol. The molecule has 4 heterocycles. The molecule has 0 radical (unpaired) electrons. The van der Waals surface area contributed by atoms with Crippen LogP contribution in [0.2, 0.25) is 5.02 Å². The van der Waals surface area contributed by atoms with E-state index >= 15 is 0 Å². The number of anilines is 1. The van der Waals surface area contributed by atoms with Crippen LogP contribution in [0.4, 0.5) is 5.82 Å². The van der Waals surface area contributed by atoms with E-state index in [-0.39, 0.29) is 29.9 Å². The topological polar surface area (TPSA) is 116 Å². The molecule has 0 aliphatic carbocycles. The van der Waals surface area contributed by atoms with Gasteiger partial charge in [0.05, 0.1) is 34.4 Å². The van der Waals surface area contributed by atoms with Crippen LogP contribution in [0, 0.1) is 11.5 Å². The van der Waals surface area contributed by atoms with Crippen molar-refractivity contribution in [2.45, 2.75) is 44.3 Å². The number of nitrogens with zero attached hydrogens (tertiary/aromatic N) is 5. The fourth-order valence-corrected chi connectivity index (χ4v) is 4.99. The SMILES string of the molecule is CC(=O)Nc1cccc(-n2ncc3cc(C(=O)N[C@@H]4C[C@@H]5CC[C@H]4N5C#N)c(Cl)cc32)n1. The van der Waals surface area contributed by atoms with Crippen molar-refractivity contribution in [3.05, 3.63) is 47.1 Å². The smallest absolute Gasteiger partial charge is 0.253 e. The molecule has 3 aromatic rings. The Labute approximate surface area is 189 Å². The van der Waals surface area contributed by atoms with Crippen molar-refractivity contribution in [1.29, 1.82) is 5.26 Å². The summed E-state index contributed by atoms with van der Waals surface area (Å²) in [5.41, 5.74) is 1.06. The average Bonchev–Trinajstić information content (AvgIpc) is 3.44. The summed E-state index contributed by atoms with van der Waals surface area (Å²) < 4.78 is 1.61. The Balaban J connectivity index is 1.41. The van der Waals surface area contributed by atoms with Crippen molar-refractivity contribution in [3.8, 4) is 12.0 Å². The van der Waals surface area contributed by atoms with Gasteiger partial charge in [0.2, 0.25) is 5.91 Å². The molecule has 32 heavy (non-hydrogen) atoms. The molecule has 0 unspecified atom stereocenters. The first-order valence-corrected chi connectivity index (χ1v) is 10.7. The molecular weight excluding hydrogens is 430 g/mol. The lowest BCUT2D eigenvalue weighted by atomic mass is 9.95. The highest BCUT2D eigenvalue weighted by Crippen LogP contribution is 2.37. The lowest BCUT2D eigenvalue weighted by Crippen LogP contribution is -2.43. The number of rotatable bonds is 4. The minimum Gasteiger partial charge on any atom is -0.347 e. The largest absolute Gasteiger partial charge is 0.347 e. The number of benzene rings is 1. The summed E-state index contributed by atoms with van der Waals surface area (Å²) in [6, 6.07) is 8.84. The number of hydrogen-bond acceptors (Lipinski definition) is 6. The van der Waals surface area contributed by atoms with Crippen LogP contribution in [0.15, 0.2) is 36.5 Å². The molecule has 5 rings (SSSR count). The van der Waals surface area contributed by atoms with E-state index in [2.05, 4.69) is 26.9 Å². The number of carbonyl (C=O) groups excluding carboxylic acids is 2. The van der Waals surface area contributed by atoms with Crippen molar-refractivity contribution in [2.24, 2.45) is 0 Å². The van der Waals surface area contributed by atoms with Crippen LogP contribution in [0.5, 0.6) is 0 Å². The van der Waals surface area contributed by atoms with E-state index in [0.29, 0.717) is 27.7 Å². The second-order valence-electron chi connectivity index (χ2n) is 8.13. The van der Waals surface area contributed by atoms with Crippen molar-refractivity contribution in [3.63, 3.8) is 0 Å². The van der Waals surface area contributed by atoms with E-state index in [1.165, 1.54) is 6.92 Å². The zero-order valence-electron chi connectivity index (χ0n) is 17.2. The van der Waals surface area contributed by atoms with Crippen molar-refractivity contribution < 1.29 is 9.59 Å². The van der Waals surface area contributed by atoms with Crippen LogP contribution in [0.1, 0.15) is 36.5 Å². The molecule has 2 N–H and O–H groups in total. The van der Waals surface area contributed by atoms with Gasteiger partial charge in [0.15, 0.2) is 12.0 Å². The van der Waals surface area contributed by atoms with E-state index in [9.17, 15) is 14.9 Å². The number of hydrogen-bond donors (Lipinski definition) is 2. The maximum atomic E-state index is 13.0.